The Morgan fingerprint density at radius 1 is 1.35 bits per heavy atom. The maximum absolute atomic E-state index is 14.3. The molecule has 2 atom stereocenters. The van der Waals surface area contributed by atoms with Crippen LogP contribution in [0.2, 0.25) is 0 Å². The van der Waals surface area contributed by atoms with Crippen LogP contribution in [0.25, 0.3) is 0 Å². The molecule has 20 heavy (non-hydrogen) atoms. The number of hydrogen-bond donors (Lipinski definition) is 1. The highest BCUT2D eigenvalue weighted by molar-refractivity contribution is 7.86. The van der Waals surface area contributed by atoms with E-state index in [1.54, 1.807) is 18.2 Å². The zero-order valence-corrected chi connectivity index (χ0v) is 11.8. The van der Waals surface area contributed by atoms with Crippen molar-refractivity contribution in [3.05, 3.63) is 35.1 Å². The molecule has 2 aliphatic rings. The first-order valence-electron chi connectivity index (χ1n) is 6.86. The molecule has 106 valence electrons. The molecule has 0 radical (unpaired) electrons. The molecule has 0 aromatic heterocycles. The third-order valence-electron chi connectivity index (χ3n) is 4.46. The number of aliphatic hydroxyl groups is 1. The molecular formula is C15H16FNO2S. The first kappa shape index (κ1) is 13.7. The highest BCUT2D eigenvalue weighted by atomic mass is 32.2. The van der Waals surface area contributed by atoms with E-state index in [1.165, 1.54) is 6.07 Å². The maximum atomic E-state index is 14.3. The van der Waals surface area contributed by atoms with Crippen molar-refractivity contribution in [1.29, 1.82) is 5.26 Å². The van der Waals surface area contributed by atoms with Gasteiger partial charge in [0.2, 0.25) is 0 Å². The Morgan fingerprint density at radius 3 is 2.60 bits per heavy atom. The number of nitrogens with zero attached hydrogens (tertiary/aromatic N) is 1. The lowest BCUT2D eigenvalue weighted by Crippen LogP contribution is -2.47. The minimum absolute atomic E-state index is 0.0484. The van der Waals surface area contributed by atoms with E-state index in [-0.39, 0.29) is 21.6 Å². The van der Waals surface area contributed by atoms with Crippen molar-refractivity contribution in [3.63, 3.8) is 0 Å². The number of rotatable bonds is 1. The molecule has 0 amide bonds. The first-order chi connectivity index (χ1) is 9.55. The molecule has 3 nitrogen and oxygen atoms in total. The second-order valence-corrected chi connectivity index (χ2v) is 7.71. The fraction of sp³-hybridized carbons (Fsp3) is 0.533. The van der Waals surface area contributed by atoms with Gasteiger partial charge in [0, 0.05) is 26.9 Å². The summed E-state index contributed by atoms with van der Waals surface area (Å²) in [6, 6.07) is 6.35. The van der Waals surface area contributed by atoms with E-state index in [1.807, 2.05) is 0 Å². The highest BCUT2D eigenvalue weighted by Gasteiger charge is 2.47. The predicted octanol–water partition coefficient (Wildman–Crippen LogP) is 2.35. The van der Waals surface area contributed by atoms with E-state index in [9.17, 15) is 13.7 Å². The summed E-state index contributed by atoms with van der Waals surface area (Å²) in [4.78, 5) is 0. The van der Waals surface area contributed by atoms with Gasteiger partial charge in [0.25, 0.3) is 0 Å². The lowest BCUT2D eigenvalue weighted by molar-refractivity contribution is 0.00333. The summed E-state index contributed by atoms with van der Waals surface area (Å²) in [6.45, 7) is 0. The molecule has 1 aromatic rings. The topological polar surface area (TPSA) is 61.1 Å². The van der Waals surface area contributed by atoms with Crippen LogP contribution in [-0.2, 0) is 16.4 Å². The van der Waals surface area contributed by atoms with Gasteiger partial charge >= 0.3 is 0 Å². The summed E-state index contributed by atoms with van der Waals surface area (Å²) in [7, 11) is -0.918. The molecule has 2 aliphatic heterocycles. The van der Waals surface area contributed by atoms with Gasteiger partial charge in [0.15, 0.2) is 0 Å². The largest absolute Gasteiger partial charge is 0.385 e. The molecule has 0 aliphatic carbocycles. The number of hydrogen-bond acceptors (Lipinski definition) is 3. The second kappa shape index (κ2) is 4.94. The van der Waals surface area contributed by atoms with E-state index in [0.29, 0.717) is 12.8 Å². The van der Waals surface area contributed by atoms with Crippen molar-refractivity contribution in [2.24, 2.45) is 0 Å². The zero-order chi connectivity index (χ0) is 14.3. The Kier molecular flexibility index (Phi) is 3.39. The Balaban J connectivity index is 2.02. The van der Waals surface area contributed by atoms with E-state index in [0.717, 1.165) is 19.3 Å². The van der Waals surface area contributed by atoms with Crippen LogP contribution in [-0.4, -0.2) is 19.8 Å². The molecule has 2 bridgehead atoms. The molecule has 1 aromatic carbocycles. The lowest BCUT2D eigenvalue weighted by atomic mass is 9.80. The second-order valence-electron chi connectivity index (χ2n) is 5.72. The van der Waals surface area contributed by atoms with Crippen LogP contribution in [0.15, 0.2) is 18.2 Å². The van der Waals surface area contributed by atoms with Gasteiger partial charge in [-0.1, -0.05) is 18.6 Å². The Labute approximate surface area is 119 Å². The van der Waals surface area contributed by atoms with Gasteiger partial charge in [-0.2, -0.15) is 5.26 Å². The number of halogens is 1. The summed E-state index contributed by atoms with van der Waals surface area (Å²) >= 11 is 0. The van der Waals surface area contributed by atoms with Gasteiger partial charge < -0.3 is 5.11 Å². The molecule has 5 heteroatoms. The Bertz CT molecular complexity index is 594. The molecule has 2 saturated heterocycles. The molecule has 3 rings (SSSR count). The van der Waals surface area contributed by atoms with E-state index in [4.69, 9.17) is 5.26 Å². The minimum Gasteiger partial charge on any atom is -0.385 e. The lowest BCUT2D eigenvalue weighted by Gasteiger charge is -2.43. The maximum Gasteiger partial charge on any atom is 0.147 e. The summed E-state index contributed by atoms with van der Waals surface area (Å²) in [5, 5.41) is 19.7. The van der Waals surface area contributed by atoms with Crippen LogP contribution in [0, 0.1) is 17.1 Å². The highest BCUT2D eigenvalue weighted by Crippen LogP contribution is 2.45. The van der Waals surface area contributed by atoms with Gasteiger partial charge in [0.05, 0.1) is 11.2 Å². The molecular weight excluding hydrogens is 277 g/mol. The van der Waals surface area contributed by atoms with Crippen LogP contribution in [0.4, 0.5) is 4.39 Å². The average Bonchev–Trinajstić information content (AvgIpc) is 2.41. The third kappa shape index (κ3) is 2.07. The van der Waals surface area contributed by atoms with Crippen LogP contribution >= 0.6 is 0 Å². The monoisotopic (exact) mass is 293 g/mol. The summed E-state index contributed by atoms with van der Waals surface area (Å²) in [6.07, 6.45) is 3.32. The molecule has 0 saturated carbocycles. The fourth-order valence-corrected chi connectivity index (χ4v) is 5.70. The first-order valence-corrected chi connectivity index (χ1v) is 8.13. The minimum atomic E-state index is -1.29. The van der Waals surface area contributed by atoms with Crippen LogP contribution < -0.4 is 0 Å². The number of benzene rings is 1. The Morgan fingerprint density at radius 2 is 2.00 bits per heavy atom. The standard InChI is InChI=1S/C15H16FNO2S/c16-14-10(9-17)3-1-6-13(14)15(18)7-11-4-2-5-12(8-15)20(11)19/h1,3,6,11-12,18H,2,4-5,7-8H2. The smallest absolute Gasteiger partial charge is 0.147 e. The van der Waals surface area contributed by atoms with Gasteiger partial charge in [0.1, 0.15) is 11.9 Å². The van der Waals surface area contributed by atoms with Gasteiger partial charge in [-0.15, -0.1) is 0 Å². The summed E-state index contributed by atoms with van der Waals surface area (Å²) in [5.74, 6) is -0.636. The summed E-state index contributed by atoms with van der Waals surface area (Å²) in [5.41, 5.74) is -1.15. The van der Waals surface area contributed by atoms with E-state index in [2.05, 4.69) is 0 Å². The van der Waals surface area contributed by atoms with Crippen LogP contribution in [0.5, 0.6) is 0 Å². The van der Waals surface area contributed by atoms with Crippen molar-refractivity contribution in [1.82, 2.24) is 0 Å². The zero-order valence-electron chi connectivity index (χ0n) is 11.0. The third-order valence-corrected chi connectivity index (χ3v) is 6.58. The van der Waals surface area contributed by atoms with Crippen molar-refractivity contribution < 1.29 is 13.7 Å². The SMILES string of the molecule is N#Cc1cccc(C2(O)CC3CCCC(C2)S3=O)c1F. The van der Waals surface area contributed by atoms with Crippen molar-refractivity contribution in [2.45, 2.75) is 48.2 Å². The molecule has 2 heterocycles. The number of nitriles is 1. The van der Waals surface area contributed by atoms with Crippen LogP contribution in [0.3, 0.4) is 0 Å². The van der Waals surface area contributed by atoms with Gasteiger partial charge in [-0.05, 0) is 31.7 Å². The van der Waals surface area contributed by atoms with Gasteiger partial charge in [-0.25, -0.2) is 4.39 Å². The average molecular weight is 293 g/mol. The normalized spacial score (nSPS) is 36.4. The van der Waals surface area contributed by atoms with Gasteiger partial charge in [-0.3, -0.25) is 4.21 Å². The van der Waals surface area contributed by atoms with Crippen molar-refractivity contribution in [2.75, 3.05) is 0 Å². The summed E-state index contributed by atoms with van der Waals surface area (Å²) < 4.78 is 26.5. The van der Waals surface area contributed by atoms with E-state index >= 15 is 0 Å². The molecule has 1 N–H and O–H groups in total. The fourth-order valence-electron chi connectivity index (χ4n) is 3.48. The quantitative estimate of drug-likeness (QED) is 0.864. The molecule has 2 fully saturated rings. The van der Waals surface area contributed by atoms with Crippen LogP contribution in [0.1, 0.15) is 43.2 Å². The molecule has 0 spiro atoms. The van der Waals surface area contributed by atoms with Crippen molar-refractivity contribution >= 4 is 10.8 Å². The van der Waals surface area contributed by atoms with E-state index < -0.39 is 22.2 Å². The van der Waals surface area contributed by atoms with Crippen molar-refractivity contribution in [3.8, 4) is 6.07 Å². The Hall–Kier alpha value is -1.25. The number of fused-ring (bicyclic) bond motifs is 2. The molecule has 2 unspecified atom stereocenters. The predicted molar refractivity (Wildman–Crippen MR) is 73.8 cm³/mol.